The number of piperazine rings is 3. The molecule has 0 aromatic carbocycles. The lowest BCUT2D eigenvalue weighted by Crippen LogP contribution is -2.61. The van der Waals surface area contributed by atoms with Crippen LogP contribution in [0.5, 0.6) is 0 Å². The van der Waals surface area contributed by atoms with Crippen LogP contribution >= 0.6 is 11.6 Å². The molecule has 2 bridgehead atoms. The Morgan fingerprint density at radius 2 is 1.90 bits per heavy atom. The van der Waals surface area contributed by atoms with Crippen LogP contribution in [-0.4, -0.2) is 54.4 Å². The van der Waals surface area contributed by atoms with Crippen LogP contribution in [0.15, 0.2) is 0 Å². The molecule has 2 nitrogen and oxygen atoms in total. The van der Waals surface area contributed by atoms with Gasteiger partial charge in [-0.25, -0.2) is 0 Å². The first kappa shape index (κ1) is 6.89. The summed E-state index contributed by atoms with van der Waals surface area (Å²) in [5.74, 6) is 0.802. The van der Waals surface area contributed by atoms with Crippen molar-refractivity contribution in [2.24, 2.45) is 0 Å². The van der Waals surface area contributed by atoms with Crippen LogP contribution in [0.4, 0.5) is 0 Å². The van der Waals surface area contributed by atoms with Crippen molar-refractivity contribution in [3.63, 3.8) is 0 Å². The van der Waals surface area contributed by atoms with Crippen LogP contribution in [0.2, 0.25) is 0 Å². The highest BCUT2D eigenvalue weighted by Gasteiger charge is 2.30. The van der Waals surface area contributed by atoms with E-state index in [-0.39, 0.29) is 0 Å². The number of hydrogen-bond donors (Lipinski definition) is 0. The van der Waals surface area contributed by atoms with E-state index in [9.17, 15) is 0 Å². The Hall–Kier alpha value is 0.210. The highest BCUT2D eigenvalue weighted by atomic mass is 35.5. The molecule has 58 valence electrons. The Balaban J connectivity index is 2.01. The van der Waals surface area contributed by atoms with Gasteiger partial charge in [-0.3, -0.25) is 9.80 Å². The molecular weight excluding hydrogens is 148 g/mol. The highest BCUT2D eigenvalue weighted by molar-refractivity contribution is 6.18. The standard InChI is InChI=1S/C7H13ClN2/c8-5-7-6-9-1-3-10(7)4-2-9/h7H,1-6H2. The van der Waals surface area contributed by atoms with E-state index in [0.717, 1.165) is 5.88 Å². The van der Waals surface area contributed by atoms with Gasteiger partial charge in [-0.15, -0.1) is 11.6 Å². The van der Waals surface area contributed by atoms with E-state index in [1.165, 1.54) is 32.7 Å². The molecule has 3 aliphatic rings. The van der Waals surface area contributed by atoms with Crippen molar-refractivity contribution in [2.75, 3.05) is 38.6 Å². The van der Waals surface area contributed by atoms with E-state index in [2.05, 4.69) is 9.80 Å². The van der Waals surface area contributed by atoms with Crippen molar-refractivity contribution < 1.29 is 0 Å². The van der Waals surface area contributed by atoms with Gasteiger partial charge in [0.25, 0.3) is 0 Å². The quantitative estimate of drug-likeness (QED) is 0.507. The summed E-state index contributed by atoms with van der Waals surface area (Å²) in [5.41, 5.74) is 0. The predicted octanol–water partition coefficient (Wildman–Crippen LogP) is 0.225. The summed E-state index contributed by atoms with van der Waals surface area (Å²) in [6.45, 7) is 6.18. The van der Waals surface area contributed by atoms with Crippen LogP contribution in [0.3, 0.4) is 0 Å². The molecule has 0 aliphatic carbocycles. The third-order valence-electron chi connectivity index (χ3n) is 2.57. The summed E-state index contributed by atoms with van der Waals surface area (Å²) < 4.78 is 0. The second kappa shape index (κ2) is 2.68. The van der Waals surface area contributed by atoms with Gasteiger partial charge in [-0.1, -0.05) is 0 Å². The molecule has 3 heterocycles. The molecule has 10 heavy (non-hydrogen) atoms. The molecule has 3 aliphatic heterocycles. The number of nitrogens with zero attached hydrogens (tertiary/aromatic N) is 2. The largest absolute Gasteiger partial charge is 0.299 e. The Labute approximate surface area is 66.7 Å². The van der Waals surface area contributed by atoms with Crippen molar-refractivity contribution in [2.45, 2.75) is 6.04 Å². The molecule has 1 atom stereocenters. The van der Waals surface area contributed by atoms with Crippen molar-refractivity contribution >= 4 is 11.6 Å². The minimum Gasteiger partial charge on any atom is -0.299 e. The summed E-state index contributed by atoms with van der Waals surface area (Å²) in [5, 5.41) is 0. The molecule has 0 saturated carbocycles. The van der Waals surface area contributed by atoms with E-state index in [1.807, 2.05) is 0 Å². The predicted molar refractivity (Wildman–Crippen MR) is 42.5 cm³/mol. The second-order valence-electron chi connectivity index (χ2n) is 3.14. The van der Waals surface area contributed by atoms with Crippen molar-refractivity contribution in [3.05, 3.63) is 0 Å². The fraction of sp³-hybridized carbons (Fsp3) is 1.00. The van der Waals surface area contributed by atoms with Gasteiger partial charge in [-0.2, -0.15) is 0 Å². The molecular formula is C7H13ClN2. The lowest BCUT2D eigenvalue weighted by atomic mass is 10.1. The lowest BCUT2D eigenvalue weighted by molar-refractivity contribution is 0.0228. The van der Waals surface area contributed by atoms with E-state index in [0.29, 0.717) is 6.04 Å². The first-order chi connectivity index (χ1) is 4.90. The minimum atomic E-state index is 0.643. The zero-order valence-electron chi connectivity index (χ0n) is 6.09. The molecule has 0 aromatic rings. The summed E-state index contributed by atoms with van der Waals surface area (Å²) in [6, 6.07) is 0.643. The molecule has 0 aromatic heterocycles. The van der Waals surface area contributed by atoms with Crippen LogP contribution < -0.4 is 0 Å². The monoisotopic (exact) mass is 160 g/mol. The molecule has 3 fully saturated rings. The molecule has 3 heteroatoms. The van der Waals surface area contributed by atoms with Crippen LogP contribution in [0, 0.1) is 0 Å². The Bertz CT molecular complexity index is 121. The number of alkyl halides is 1. The average molecular weight is 161 g/mol. The Morgan fingerprint density at radius 1 is 1.20 bits per heavy atom. The first-order valence-electron chi connectivity index (χ1n) is 3.92. The van der Waals surface area contributed by atoms with E-state index in [4.69, 9.17) is 11.6 Å². The van der Waals surface area contributed by atoms with Crippen molar-refractivity contribution in [3.8, 4) is 0 Å². The fourth-order valence-corrected chi connectivity index (χ4v) is 2.16. The number of halogens is 1. The van der Waals surface area contributed by atoms with Crippen molar-refractivity contribution in [1.82, 2.24) is 9.80 Å². The number of rotatable bonds is 1. The van der Waals surface area contributed by atoms with Crippen LogP contribution in [-0.2, 0) is 0 Å². The molecule has 0 N–H and O–H groups in total. The van der Waals surface area contributed by atoms with E-state index < -0.39 is 0 Å². The fourth-order valence-electron chi connectivity index (χ4n) is 1.87. The SMILES string of the molecule is ClCC1CN2CCN1CC2. The van der Waals surface area contributed by atoms with Crippen molar-refractivity contribution in [1.29, 1.82) is 0 Å². The molecule has 1 unspecified atom stereocenters. The van der Waals surface area contributed by atoms with E-state index in [1.54, 1.807) is 0 Å². The smallest absolute Gasteiger partial charge is 0.0392 e. The van der Waals surface area contributed by atoms with Gasteiger partial charge >= 0.3 is 0 Å². The van der Waals surface area contributed by atoms with Gasteiger partial charge in [0.15, 0.2) is 0 Å². The molecule has 0 radical (unpaired) electrons. The Morgan fingerprint density at radius 3 is 2.20 bits per heavy atom. The molecule has 0 spiro atoms. The molecule has 3 saturated heterocycles. The summed E-state index contributed by atoms with van der Waals surface area (Å²) >= 11 is 5.81. The van der Waals surface area contributed by atoms with E-state index >= 15 is 0 Å². The molecule has 0 amide bonds. The van der Waals surface area contributed by atoms with Gasteiger partial charge in [0.05, 0.1) is 0 Å². The van der Waals surface area contributed by atoms with Gasteiger partial charge in [0.1, 0.15) is 0 Å². The average Bonchev–Trinajstić information content (AvgIpc) is 2.06. The topological polar surface area (TPSA) is 6.48 Å². The maximum atomic E-state index is 5.81. The summed E-state index contributed by atoms with van der Waals surface area (Å²) in [4.78, 5) is 5.01. The van der Waals surface area contributed by atoms with Crippen LogP contribution in [0.1, 0.15) is 0 Å². The first-order valence-corrected chi connectivity index (χ1v) is 4.46. The lowest BCUT2D eigenvalue weighted by Gasteiger charge is -2.46. The normalized spacial score (nSPS) is 45.9. The maximum Gasteiger partial charge on any atom is 0.0392 e. The third kappa shape index (κ3) is 1.04. The van der Waals surface area contributed by atoms with Gasteiger partial charge in [0, 0.05) is 44.6 Å². The van der Waals surface area contributed by atoms with Gasteiger partial charge in [0.2, 0.25) is 0 Å². The third-order valence-corrected chi connectivity index (χ3v) is 2.93. The summed E-state index contributed by atoms with van der Waals surface area (Å²) in [6.07, 6.45) is 0. The maximum absolute atomic E-state index is 5.81. The zero-order valence-corrected chi connectivity index (χ0v) is 6.85. The van der Waals surface area contributed by atoms with Crippen LogP contribution in [0.25, 0.3) is 0 Å². The number of hydrogen-bond acceptors (Lipinski definition) is 2. The second-order valence-corrected chi connectivity index (χ2v) is 3.45. The number of fused-ring (bicyclic) bond motifs is 3. The minimum absolute atomic E-state index is 0.643. The zero-order chi connectivity index (χ0) is 6.97. The van der Waals surface area contributed by atoms with Gasteiger partial charge in [-0.05, 0) is 0 Å². The molecule has 3 rings (SSSR count). The Kier molecular flexibility index (Phi) is 1.85. The highest BCUT2D eigenvalue weighted by Crippen LogP contribution is 2.15. The van der Waals surface area contributed by atoms with Gasteiger partial charge < -0.3 is 0 Å². The summed E-state index contributed by atoms with van der Waals surface area (Å²) in [7, 11) is 0.